The average molecular weight is 561 g/mol. The van der Waals surface area contributed by atoms with Crippen molar-refractivity contribution in [2.45, 2.75) is 82.2 Å². The van der Waals surface area contributed by atoms with Crippen LogP contribution in [0.15, 0.2) is 41.6 Å². The molecule has 4 rings (SSSR count). The molecule has 1 fully saturated rings. The van der Waals surface area contributed by atoms with Gasteiger partial charge in [0.25, 0.3) is 0 Å². The van der Waals surface area contributed by atoms with E-state index < -0.39 is 15.6 Å². The number of H-pyrrole nitrogens is 1. The van der Waals surface area contributed by atoms with Gasteiger partial charge < -0.3 is 15.4 Å². The summed E-state index contributed by atoms with van der Waals surface area (Å²) in [5, 5.41) is 13.9. The minimum absolute atomic E-state index is 0.102. The van der Waals surface area contributed by atoms with E-state index in [1.54, 1.807) is 24.5 Å². The Bertz CT molecular complexity index is 1320. The number of hydrogen-bond acceptors (Lipinski definition) is 8. The van der Waals surface area contributed by atoms with Gasteiger partial charge in [0.15, 0.2) is 0 Å². The van der Waals surface area contributed by atoms with Crippen molar-refractivity contribution in [3.63, 3.8) is 0 Å². The third-order valence-electron chi connectivity index (χ3n) is 6.12. The molecule has 2 aromatic heterocycles. The van der Waals surface area contributed by atoms with E-state index in [2.05, 4.69) is 30.5 Å². The van der Waals surface area contributed by atoms with E-state index >= 15 is 0 Å². The Morgan fingerprint density at radius 1 is 1.18 bits per heavy atom. The first kappa shape index (κ1) is 28.1. The van der Waals surface area contributed by atoms with Crippen molar-refractivity contribution in [2.24, 2.45) is 0 Å². The largest absolute Gasteiger partial charge is 0.450 e. The first-order valence-electron chi connectivity index (χ1n) is 12.9. The summed E-state index contributed by atoms with van der Waals surface area (Å²) in [6.07, 6.45) is 7.33. The Morgan fingerprint density at radius 2 is 1.95 bits per heavy atom. The van der Waals surface area contributed by atoms with Gasteiger partial charge in [-0.2, -0.15) is 5.10 Å². The summed E-state index contributed by atoms with van der Waals surface area (Å²) < 4.78 is 34.9. The molecule has 0 bridgehead atoms. The number of anilines is 2. The topological polar surface area (TPSA) is 138 Å². The van der Waals surface area contributed by atoms with E-state index in [9.17, 15) is 13.2 Å². The molecule has 0 atom stereocenters. The molecule has 12 heteroatoms. The predicted octanol–water partition coefficient (Wildman–Crippen LogP) is 5.52. The second-order valence-corrected chi connectivity index (χ2v) is 13.3. The lowest BCUT2D eigenvalue weighted by atomic mass is 9.86. The molecule has 0 unspecified atom stereocenters. The number of nitrogens with one attached hydrogen (secondary N) is 4. The van der Waals surface area contributed by atoms with Crippen LogP contribution in [0.1, 0.15) is 70.7 Å². The number of carbonyl (C=O) groups excluding carboxylic acids is 1. The molecule has 1 aliphatic rings. The van der Waals surface area contributed by atoms with E-state index in [0.717, 1.165) is 42.0 Å². The zero-order valence-corrected chi connectivity index (χ0v) is 23.8. The fraction of sp³-hybridized carbons (Fsp3) is 0.500. The Morgan fingerprint density at radius 3 is 2.61 bits per heavy atom. The molecule has 10 nitrogen and oxygen atoms in total. The fourth-order valence-corrected chi connectivity index (χ4v) is 7.31. The summed E-state index contributed by atoms with van der Waals surface area (Å²) in [6.45, 7) is 7.84. The van der Waals surface area contributed by atoms with Gasteiger partial charge in [0, 0.05) is 41.0 Å². The summed E-state index contributed by atoms with van der Waals surface area (Å²) in [4.78, 5) is 17.6. The zero-order chi connectivity index (χ0) is 27.3. The number of amides is 1. The van der Waals surface area contributed by atoms with Crippen LogP contribution in [0.5, 0.6) is 0 Å². The molecular formula is C26H36N6O4S2. The molecule has 1 aromatic carbocycles. The van der Waals surface area contributed by atoms with Crippen molar-refractivity contribution in [3.8, 4) is 10.4 Å². The Kier molecular flexibility index (Phi) is 8.74. The summed E-state index contributed by atoms with van der Waals surface area (Å²) in [5.41, 5.74) is 0.590. The van der Waals surface area contributed by atoms with E-state index in [0.29, 0.717) is 23.7 Å². The first-order valence-corrected chi connectivity index (χ1v) is 15.2. The van der Waals surface area contributed by atoms with Gasteiger partial charge in [-0.15, -0.1) is 11.3 Å². The maximum Gasteiger partial charge on any atom is 0.407 e. The van der Waals surface area contributed by atoms with Gasteiger partial charge in [-0.3, -0.25) is 5.10 Å². The molecule has 1 aliphatic carbocycles. The minimum Gasteiger partial charge on any atom is -0.450 e. The van der Waals surface area contributed by atoms with Gasteiger partial charge in [-0.1, -0.05) is 13.0 Å². The highest BCUT2D eigenvalue weighted by Crippen LogP contribution is 2.40. The van der Waals surface area contributed by atoms with Crippen LogP contribution in [-0.2, 0) is 14.8 Å². The molecule has 1 saturated carbocycles. The van der Waals surface area contributed by atoms with E-state index in [1.807, 2.05) is 39.8 Å². The summed E-state index contributed by atoms with van der Waals surface area (Å²) in [7, 11) is -3.83. The van der Waals surface area contributed by atoms with Crippen molar-refractivity contribution in [2.75, 3.05) is 11.9 Å². The van der Waals surface area contributed by atoms with Crippen molar-refractivity contribution in [3.05, 3.63) is 41.7 Å². The maximum atomic E-state index is 13.5. The smallest absolute Gasteiger partial charge is 0.407 e. The number of benzene rings is 1. The predicted molar refractivity (Wildman–Crippen MR) is 149 cm³/mol. The molecule has 0 spiro atoms. The number of sulfonamides is 1. The van der Waals surface area contributed by atoms with Crippen LogP contribution in [0.4, 0.5) is 16.3 Å². The monoisotopic (exact) mass is 560 g/mol. The van der Waals surface area contributed by atoms with E-state index in [1.165, 1.54) is 11.3 Å². The number of alkyl carbamates (subject to hydrolysis) is 1. The molecular weight excluding hydrogens is 524 g/mol. The number of aromatic amines is 1. The first-order chi connectivity index (χ1) is 18.0. The van der Waals surface area contributed by atoms with Crippen molar-refractivity contribution >= 4 is 39.0 Å². The summed E-state index contributed by atoms with van der Waals surface area (Å²) in [5.74, 6) is 0.932. The van der Waals surface area contributed by atoms with Gasteiger partial charge in [-0.25, -0.2) is 22.9 Å². The van der Waals surface area contributed by atoms with E-state index in [-0.39, 0.29) is 22.9 Å². The molecule has 0 saturated heterocycles. The van der Waals surface area contributed by atoms with Crippen LogP contribution >= 0.6 is 11.3 Å². The second-order valence-electron chi connectivity index (χ2n) is 10.6. The van der Waals surface area contributed by atoms with Crippen LogP contribution in [0.25, 0.3) is 10.4 Å². The molecule has 0 radical (unpaired) electrons. The number of aromatic nitrogens is 3. The third-order valence-corrected chi connectivity index (χ3v) is 9.11. The maximum absolute atomic E-state index is 13.5. The summed E-state index contributed by atoms with van der Waals surface area (Å²) >= 11 is 1.53. The van der Waals surface area contributed by atoms with Crippen molar-refractivity contribution < 1.29 is 17.9 Å². The standard InChI is InChI=1S/C26H36N6O4S2/c1-5-14-36-25(33)30-18-8-6-17(7-9-18)24-27-16-21(37-24)20-11-10-19(29-23-12-13-28-31-23)15-22(20)38(34,35)32-26(2,3)4/h10-13,15-18,32H,5-9,14H2,1-4H3,(H,30,33)(H2,28,29,31). The minimum atomic E-state index is -3.83. The number of ether oxygens (including phenoxy) is 1. The zero-order valence-electron chi connectivity index (χ0n) is 22.2. The number of carbonyl (C=O) groups is 1. The van der Waals surface area contributed by atoms with Gasteiger partial charge in [0.2, 0.25) is 10.0 Å². The SMILES string of the molecule is CCCOC(=O)NC1CCC(c2ncc(-c3ccc(Nc4ccn[nH]4)cc3S(=O)(=O)NC(C)(C)C)s2)CC1. The summed E-state index contributed by atoms with van der Waals surface area (Å²) in [6, 6.07) is 7.17. The highest BCUT2D eigenvalue weighted by molar-refractivity contribution is 7.89. The number of thiazole rings is 1. The normalized spacial score (nSPS) is 18.2. The highest BCUT2D eigenvalue weighted by atomic mass is 32.2. The third kappa shape index (κ3) is 7.33. The molecule has 38 heavy (non-hydrogen) atoms. The lowest BCUT2D eigenvalue weighted by Gasteiger charge is -2.27. The van der Waals surface area contributed by atoms with Crippen LogP contribution in [0, 0.1) is 0 Å². The van der Waals surface area contributed by atoms with Crippen molar-refractivity contribution in [1.29, 1.82) is 0 Å². The van der Waals surface area contributed by atoms with Gasteiger partial charge in [0.05, 0.1) is 27.6 Å². The van der Waals surface area contributed by atoms with Gasteiger partial charge >= 0.3 is 6.09 Å². The lowest BCUT2D eigenvalue weighted by Crippen LogP contribution is -2.40. The average Bonchev–Trinajstić information content (AvgIpc) is 3.54. The van der Waals surface area contributed by atoms with Crippen LogP contribution in [0.3, 0.4) is 0 Å². The van der Waals surface area contributed by atoms with Crippen molar-refractivity contribution in [1.82, 2.24) is 25.2 Å². The molecule has 1 amide bonds. The Balaban J connectivity index is 1.53. The quantitative estimate of drug-likeness (QED) is 0.270. The van der Waals surface area contributed by atoms with Crippen LogP contribution in [0.2, 0.25) is 0 Å². The van der Waals surface area contributed by atoms with Crippen LogP contribution < -0.4 is 15.4 Å². The molecule has 206 valence electrons. The lowest BCUT2D eigenvalue weighted by molar-refractivity contribution is 0.139. The Hall–Kier alpha value is -2.96. The number of rotatable bonds is 9. The molecule has 3 aromatic rings. The van der Waals surface area contributed by atoms with Gasteiger partial charge in [0.1, 0.15) is 5.82 Å². The molecule has 0 aliphatic heterocycles. The Labute approximate surface area is 228 Å². The highest BCUT2D eigenvalue weighted by Gasteiger charge is 2.29. The van der Waals surface area contributed by atoms with Gasteiger partial charge in [-0.05, 0) is 65.0 Å². The fourth-order valence-electron chi connectivity index (χ4n) is 4.45. The number of hydrogen-bond donors (Lipinski definition) is 4. The van der Waals surface area contributed by atoms with E-state index in [4.69, 9.17) is 4.74 Å². The molecule has 4 N–H and O–H groups in total. The van der Waals surface area contributed by atoms with Crippen LogP contribution in [-0.4, -0.2) is 47.9 Å². The molecule has 2 heterocycles. The second kappa shape index (κ2) is 11.8. The number of nitrogens with zero attached hydrogens (tertiary/aromatic N) is 2.